The maximum absolute atomic E-state index is 5.55. The quantitative estimate of drug-likeness (QED) is 0.764. The van der Waals surface area contributed by atoms with Crippen molar-refractivity contribution in [2.24, 2.45) is 0 Å². The molecule has 0 spiro atoms. The molecule has 0 atom stereocenters. The number of nitrogens with zero attached hydrogens (tertiary/aromatic N) is 3. The number of hydrogen-bond acceptors (Lipinski definition) is 4. The second-order valence-electron chi connectivity index (χ2n) is 4.94. The predicted molar refractivity (Wildman–Crippen MR) is 74.8 cm³/mol. The van der Waals surface area contributed by atoms with Crippen molar-refractivity contribution in [1.82, 2.24) is 14.7 Å². The van der Waals surface area contributed by atoms with Gasteiger partial charge in [0, 0.05) is 17.7 Å². The average molecular weight is 256 g/mol. The number of aryl methyl sites for hydroxylation is 1. The highest BCUT2D eigenvalue weighted by molar-refractivity contribution is 5.82. The van der Waals surface area contributed by atoms with Crippen LogP contribution >= 0.6 is 0 Å². The Balaban J connectivity index is 2.17. The van der Waals surface area contributed by atoms with Gasteiger partial charge in [-0.15, -0.1) is 0 Å². The predicted octanol–water partition coefficient (Wildman–Crippen LogP) is 3.16. The lowest BCUT2D eigenvalue weighted by Crippen LogP contribution is -2.02. The van der Waals surface area contributed by atoms with Gasteiger partial charge in [-0.1, -0.05) is 11.2 Å². The van der Waals surface area contributed by atoms with Crippen LogP contribution in [0.3, 0.4) is 0 Å². The molecule has 2 heterocycles. The first kappa shape index (κ1) is 11.8. The molecule has 0 amide bonds. The lowest BCUT2D eigenvalue weighted by Gasteiger charge is -2.10. The summed E-state index contributed by atoms with van der Waals surface area (Å²) in [5.74, 6) is 1.33. The summed E-state index contributed by atoms with van der Waals surface area (Å²) < 4.78 is 7.12. The number of aromatic nitrogens is 3. The lowest BCUT2D eigenvalue weighted by molar-refractivity contribution is 0.439. The summed E-state index contributed by atoms with van der Waals surface area (Å²) in [4.78, 5) is 4.60. The molecule has 0 aliphatic heterocycles. The molecule has 0 unspecified atom stereocenters. The zero-order valence-corrected chi connectivity index (χ0v) is 11.2. The Hall–Kier alpha value is -2.30. The second kappa shape index (κ2) is 4.12. The molecule has 2 aromatic heterocycles. The molecule has 0 saturated carbocycles. The fourth-order valence-electron chi connectivity index (χ4n) is 2.46. The molecule has 0 radical (unpaired) electrons. The van der Waals surface area contributed by atoms with Crippen LogP contribution in [0.25, 0.3) is 22.3 Å². The molecule has 0 aliphatic rings. The molecule has 3 rings (SSSR count). The first-order valence-corrected chi connectivity index (χ1v) is 6.27. The fourth-order valence-corrected chi connectivity index (χ4v) is 2.46. The van der Waals surface area contributed by atoms with Crippen LogP contribution < -0.4 is 5.73 Å². The molecule has 2 N–H and O–H groups in total. The van der Waals surface area contributed by atoms with E-state index in [0.717, 1.165) is 28.1 Å². The van der Waals surface area contributed by atoms with Crippen molar-refractivity contribution in [2.45, 2.75) is 26.8 Å². The molecule has 0 fully saturated rings. The van der Waals surface area contributed by atoms with Gasteiger partial charge in [0.1, 0.15) is 11.5 Å². The number of rotatable bonds is 2. The van der Waals surface area contributed by atoms with E-state index in [1.54, 1.807) is 6.07 Å². The van der Waals surface area contributed by atoms with Gasteiger partial charge in [0.15, 0.2) is 0 Å². The van der Waals surface area contributed by atoms with Crippen molar-refractivity contribution < 1.29 is 4.52 Å². The van der Waals surface area contributed by atoms with Crippen LogP contribution in [0.15, 0.2) is 28.8 Å². The van der Waals surface area contributed by atoms with Gasteiger partial charge in [0.2, 0.25) is 5.88 Å². The minimum absolute atomic E-state index is 0.319. The van der Waals surface area contributed by atoms with Gasteiger partial charge >= 0.3 is 0 Å². The molecular formula is C14H16N4O. The van der Waals surface area contributed by atoms with Crippen LogP contribution in [0.2, 0.25) is 0 Å². The summed E-state index contributed by atoms with van der Waals surface area (Å²) >= 11 is 0. The Morgan fingerprint density at radius 3 is 2.68 bits per heavy atom. The minimum atomic E-state index is 0.319. The van der Waals surface area contributed by atoms with Gasteiger partial charge < -0.3 is 14.8 Å². The highest BCUT2D eigenvalue weighted by Gasteiger charge is 2.12. The van der Waals surface area contributed by atoms with Crippen LogP contribution in [0.5, 0.6) is 0 Å². The molecule has 5 heteroatoms. The summed E-state index contributed by atoms with van der Waals surface area (Å²) in [6, 6.07) is 8.19. The molecule has 3 aromatic rings. The van der Waals surface area contributed by atoms with Gasteiger partial charge in [-0.25, -0.2) is 4.98 Å². The van der Waals surface area contributed by atoms with E-state index in [1.165, 1.54) is 0 Å². The van der Waals surface area contributed by atoms with E-state index in [9.17, 15) is 0 Å². The molecule has 0 saturated heterocycles. The Bertz CT molecular complexity index is 739. The lowest BCUT2D eigenvalue weighted by atomic mass is 10.1. The standard InChI is InChI=1S/C14H16N4O/c1-8(2)18-9(3)16-12-6-10(4-5-13(12)18)11-7-14(15)19-17-11/h4-8H,15H2,1-3H3. The number of hydrogen-bond donors (Lipinski definition) is 1. The Kier molecular flexibility index (Phi) is 2.55. The highest BCUT2D eigenvalue weighted by atomic mass is 16.5. The third kappa shape index (κ3) is 1.87. The smallest absolute Gasteiger partial charge is 0.222 e. The molecule has 0 bridgehead atoms. The van der Waals surface area contributed by atoms with E-state index < -0.39 is 0 Å². The van der Waals surface area contributed by atoms with Crippen molar-refractivity contribution in [3.8, 4) is 11.3 Å². The van der Waals surface area contributed by atoms with Gasteiger partial charge in [0.05, 0.1) is 11.0 Å². The molecule has 5 nitrogen and oxygen atoms in total. The minimum Gasteiger partial charge on any atom is -0.368 e. The third-order valence-electron chi connectivity index (χ3n) is 3.21. The zero-order chi connectivity index (χ0) is 13.6. The van der Waals surface area contributed by atoms with E-state index >= 15 is 0 Å². The van der Waals surface area contributed by atoms with E-state index in [1.807, 2.05) is 19.1 Å². The highest BCUT2D eigenvalue weighted by Crippen LogP contribution is 2.26. The van der Waals surface area contributed by atoms with E-state index in [-0.39, 0.29) is 0 Å². The number of fused-ring (bicyclic) bond motifs is 1. The largest absolute Gasteiger partial charge is 0.368 e. The summed E-state index contributed by atoms with van der Waals surface area (Å²) in [5, 5.41) is 3.92. The molecule has 0 aliphatic carbocycles. The number of benzene rings is 1. The summed E-state index contributed by atoms with van der Waals surface area (Å²) in [6.07, 6.45) is 0. The van der Waals surface area contributed by atoms with Gasteiger partial charge in [-0.05, 0) is 32.9 Å². The number of nitrogens with two attached hydrogens (primary N) is 1. The Morgan fingerprint density at radius 2 is 2.05 bits per heavy atom. The van der Waals surface area contributed by atoms with E-state index in [0.29, 0.717) is 11.9 Å². The van der Waals surface area contributed by atoms with Crippen LogP contribution in [0, 0.1) is 6.92 Å². The van der Waals surface area contributed by atoms with Gasteiger partial charge in [0.25, 0.3) is 0 Å². The van der Waals surface area contributed by atoms with Crippen molar-refractivity contribution in [1.29, 1.82) is 0 Å². The van der Waals surface area contributed by atoms with Crippen molar-refractivity contribution >= 4 is 16.9 Å². The summed E-state index contributed by atoms with van der Waals surface area (Å²) in [6.45, 7) is 6.33. The topological polar surface area (TPSA) is 69.9 Å². The van der Waals surface area contributed by atoms with Crippen LogP contribution in [-0.2, 0) is 0 Å². The van der Waals surface area contributed by atoms with Crippen LogP contribution in [-0.4, -0.2) is 14.7 Å². The number of nitrogen functional groups attached to an aromatic ring is 1. The average Bonchev–Trinajstić information content (AvgIpc) is 2.90. The zero-order valence-electron chi connectivity index (χ0n) is 11.2. The Labute approximate surface area is 111 Å². The van der Waals surface area contributed by atoms with Crippen molar-refractivity contribution in [2.75, 3.05) is 5.73 Å². The fraction of sp³-hybridized carbons (Fsp3) is 0.286. The molecular weight excluding hydrogens is 240 g/mol. The van der Waals surface area contributed by atoms with E-state index in [2.05, 4.69) is 34.6 Å². The van der Waals surface area contributed by atoms with E-state index in [4.69, 9.17) is 10.3 Å². The molecule has 19 heavy (non-hydrogen) atoms. The van der Waals surface area contributed by atoms with Crippen molar-refractivity contribution in [3.05, 3.63) is 30.1 Å². The van der Waals surface area contributed by atoms with Crippen LogP contribution in [0.4, 0.5) is 5.88 Å². The number of imidazole rings is 1. The Morgan fingerprint density at radius 1 is 1.26 bits per heavy atom. The van der Waals surface area contributed by atoms with Gasteiger partial charge in [-0.2, -0.15) is 0 Å². The first-order chi connectivity index (χ1) is 9.06. The second-order valence-corrected chi connectivity index (χ2v) is 4.94. The number of anilines is 1. The van der Waals surface area contributed by atoms with Crippen LogP contribution in [0.1, 0.15) is 25.7 Å². The maximum Gasteiger partial charge on any atom is 0.222 e. The molecule has 1 aromatic carbocycles. The maximum atomic E-state index is 5.55. The normalized spacial score (nSPS) is 11.6. The SMILES string of the molecule is Cc1nc2cc(-c3cc(N)on3)ccc2n1C(C)C. The first-order valence-electron chi connectivity index (χ1n) is 6.27. The monoisotopic (exact) mass is 256 g/mol. The van der Waals surface area contributed by atoms with Gasteiger partial charge in [-0.3, -0.25) is 0 Å². The third-order valence-corrected chi connectivity index (χ3v) is 3.21. The summed E-state index contributed by atoms with van der Waals surface area (Å²) in [5.41, 5.74) is 9.34. The van der Waals surface area contributed by atoms with Crippen molar-refractivity contribution in [3.63, 3.8) is 0 Å². The summed E-state index contributed by atoms with van der Waals surface area (Å²) in [7, 11) is 0. The molecule has 98 valence electrons.